The summed E-state index contributed by atoms with van der Waals surface area (Å²) in [5.74, 6) is 0.356. The Morgan fingerprint density at radius 3 is 2.35 bits per heavy atom. The van der Waals surface area contributed by atoms with Gasteiger partial charge in [-0.25, -0.2) is 0 Å². The van der Waals surface area contributed by atoms with E-state index in [1.165, 1.54) is 25.7 Å². The Balaban J connectivity index is 2.50. The number of unbranched alkanes of at least 4 members (excludes halogenated alkanes) is 3. The van der Waals surface area contributed by atoms with Crippen molar-refractivity contribution in [3.05, 3.63) is 0 Å². The topological polar surface area (TPSA) is 26.3 Å². The van der Waals surface area contributed by atoms with Gasteiger partial charge in [-0.2, -0.15) is 0 Å². The van der Waals surface area contributed by atoms with Crippen LogP contribution in [0.1, 0.15) is 66.7 Å². The fourth-order valence-corrected chi connectivity index (χ4v) is 3.93. The minimum absolute atomic E-state index is 0.0320. The first-order chi connectivity index (χ1) is 7.82. The van der Waals surface area contributed by atoms with Gasteiger partial charge in [0.25, 0.3) is 0 Å². The van der Waals surface area contributed by atoms with Gasteiger partial charge in [0.15, 0.2) is 4.93 Å². The van der Waals surface area contributed by atoms with Crippen molar-refractivity contribution in [1.29, 1.82) is 0 Å². The maximum absolute atomic E-state index is 12.0. The lowest BCUT2D eigenvalue weighted by atomic mass is 9.89. The van der Waals surface area contributed by atoms with E-state index in [0.717, 1.165) is 6.42 Å². The zero-order valence-electron chi connectivity index (χ0n) is 11.8. The molecule has 0 N–H and O–H groups in total. The monoisotopic (exact) mass is 258 g/mol. The van der Waals surface area contributed by atoms with E-state index in [4.69, 9.17) is 4.74 Å². The summed E-state index contributed by atoms with van der Waals surface area (Å²) in [5.41, 5.74) is 0. The highest BCUT2D eigenvalue weighted by molar-refractivity contribution is 8.02. The predicted molar refractivity (Wildman–Crippen MR) is 74.1 cm³/mol. The van der Waals surface area contributed by atoms with Crippen LogP contribution in [0.3, 0.4) is 0 Å². The highest BCUT2D eigenvalue weighted by atomic mass is 32.2. The molecule has 1 fully saturated rings. The fraction of sp³-hybridized carbons (Fsp3) is 0.929. The lowest BCUT2D eigenvalue weighted by molar-refractivity contribution is -0.149. The van der Waals surface area contributed by atoms with Gasteiger partial charge in [0, 0.05) is 0 Å². The van der Waals surface area contributed by atoms with Gasteiger partial charge in [-0.3, -0.25) is 4.79 Å². The normalized spacial score (nSPS) is 29.1. The molecule has 0 amide bonds. The van der Waals surface area contributed by atoms with E-state index in [2.05, 4.69) is 13.8 Å². The molecule has 17 heavy (non-hydrogen) atoms. The molecular weight excluding hydrogens is 232 g/mol. The van der Waals surface area contributed by atoms with Crippen molar-refractivity contribution in [2.45, 2.75) is 76.4 Å². The Morgan fingerprint density at radius 2 is 1.88 bits per heavy atom. The van der Waals surface area contributed by atoms with Crippen molar-refractivity contribution in [1.82, 2.24) is 0 Å². The summed E-state index contributed by atoms with van der Waals surface area (Å²) in [7, 11) is 0. The first kappa shape index (κ1) is 14.9. The van der Waals surface area contributed by atoms with Gasteiger partial charge in [0.2, 0.25) is 0 Å². The second kappa shape index (κ2) is 5.64. The van der Waals surface area contributed by atoms with Crippen LogP contribution in [-0.2, 0) is 9.53 Å². The molecule has 2 atom stereocenters. The summed E-state index contributed by atoms with van der Waals surface area (Å²) in [6.45, 7) is 10.4. The van der Waals surface area contributed by atoms with Crippen LogP contribution in [0.5, 0.6) is 0 Å². The number of esters is 1. The third-order valence-corrected chi connectivity index (χ3v) is 5.20. The number of carbonyl (C=O) groups is 1. The van der Waals surface area contributed by atoms with E-state index in [0.29, 0.717) is 5.92 Å². The molecule has 0 spiro atoms. The molecule has 0 aliphatic carbocycles. The van der Waals surface area contributed by atoms with Crippen molar-refractivity contribution >= 4 is 17.7 Å². The number of thioether (sulfide) groups is 1. The average molecular weight is 258 g/mol. The van der Waals surface area contributed by atoms with Crippen molar-refractivity contribution in [3.63, 3.8) is 0 Å². The molecule has 0 saturated carbocycles. The molecule has 3 heteroatoms. The summed E-state index contributed by atoms with van der Waals surface area (Å²) in [6.07, 6.45) is 6.18. The van der Waals surface area contributed by atoms with Gasteiger partial charge in [0.05, 0.1) is 0 Å². The standard InChI is InChI=1S/C14H26O2S/c1-6-7-8-9-10-11(2)14(5)12(15)16-13(3,4)17-14/h11H,6-10H2,1-5H3. The van der Waals surface area contributed by atoms with E-state index in [9.17, 15) is 4.79 Å². The maximum Gasteiger partial charge on any atom is 0.323 e. The molecule has 1 heterocycles. The van der Waals surface area contributed by atoms with Crippen LogP contribution < -0.4 is 0 Å². The van der Waals surface area contributed by atoms with Crippen LogP contribution in [0, 0.1) is 5.92 Å². The summed E-state index contributed by atoms with van der Waals surface area (Å²) in [4.78, 5) is 11.6. The Hall–Kier alpha value is -0.180. The number of carbonyl (C=O) groups excluding carboxylic acids is 1. The van der Waals surface area contributed by atoms with Crippen molar-refractivity contribution in [2.75, 3.05) is 0 Å². The van der Waals surface area contributed by atoms with Crippen LogP contribution in [0.25, 0.3) is 0 Å². The highest BCUT2D eigenvalue weighted by Crippen LogP contribution is 2.50. The predicted octanol–water partition coefficient (Wildman–Crippen LogP) is 4.38. The second-order valence-corrected chi connectivity index (χ2v) is 7.78. The van der Waals surface area contributed by atoms with Gasteiger partial charge in [-0.05, 0) is 33.1 Å². The van der Waals surface area contributed by atoms with Gasteiger partial charge in [-0.1, -0.05) is 51.3 Å². The van der Waals surface area contributed by atoms with Gasteiger partial charge in [-0.15, -0.1) is 0 Å². The van der Waals surface area contributed by atoms with E-state index in [1.807, 2.05) is 20.8 Å². The van der Waals surface area contributed by atoms with E-state index >= 15 is 0 Å². The molecule has 0 bridgehead atoms. The van der Waals surface area contributed by atoms with Crippen LogP contribution in [0.15, 0.2) is 0 Å². The molecule has 1 aliphatic heterocycles. The first-order valence-corrected chi connectivity index (χ1v) is 7.57. The molecule has 2 unspecified atom stereocenters. The molecule has 0 aromatic heterocycles. The Bertz CT molecular complexity index is 275. The Kier molecular flexibility index (Phi) is 4.94. The Labute approximate surface area is 110 Å². The summed E-state index contributed by atoms with van der Waals surface area (Å²) in [5, 5.41) is 0. The van der Waals surface area contributed by atoms with E-state index < -0.39 is 0 Å². The molecule has 2 nitrogen and oxygen atoms in total. The molecular formula is C14H26O2S. The van der Waals surface area contributed by atoms with Crippen molar-refractivity contribution in [3.8, 4) is 0 Å². The van der Waals surface area contributed by atoms with Gasteiger partial charge in [0.1, 0.15) is 4.75 Å². The zero-order chi connectivity index (χ0) is 13.1. The van der Waals surface area contributed by atoms with E-state index in [-0.39, 0.29) is 15.6 Å². The second-order valence-electron chi connectivity index (χ2n) is 5.75. The third-order valence-electron chi connectivity index (χ3n) is 3.63. The number of cyclic esters (lactones) is 1. The van der Waals surface area contributed by atoms with E-state index in [1.54, 1.807) is 11.8 Å². The minimum Gasteiger partial charge on any atom is -0.447 e. The lowest BCUT2D eigenvalue weighted by Crippen LogP contribution is -2.35. The Morgan fingerprint density at radius 1 is 1.24 bits per heavy atom. The van der Waals surface area contributed by atoms with Crippen LogP contribution >= 0.6 is 11.8 Å². The fourth-order valence-electron chi connectivity index (χ4n) is 2.35. The third kappa shape index (κ3) is 3.64. The highest BCUT2D eigenvalue weighted by Gasteiger charge is 2.52. The number of hydrogen-bond acceptors (Lipinski definition) is 3. The van der Waals surface area contributed by atoms with Crippen LogP contribution in [0.2, 0.25) is 0 Å². The van der Waals surface area contributed by atoms with Crippen LogP contribution in [0.4, 0.5) is 0 Å². The summed E-state index contributed by atoms with van der Waals surface area (Å²) in [6, 6.07) is 0. The molecule has 1 saturated heterocycles. The molecule has 1 rings (SSSR count). The summed E-state index contributed by atoms with van der Waals surface area (Å²) < 4.78 is 5.09. The van der Waals surface area contributed by atoms with Gasteiger partial charge < -0.3 is 4.74 Å². The molecule has 1 aliphatic rings. The maximum atomic E-state index is 12.0. The average Bonchev–Trinajstić information content (AvgIpc) is 2.43. The van der Waals surface area contributed by atoms with Crippen molar-refractivity contribution in [2.24, 2.45) is 5.92 Å². The number of rotatable bonds is 6. The van der Waals surface area contributed by atoms with Crippen LogP contribution in [-0.4, -0.2) is 15.6 Å². The smallest absolute Gasteiger partial charge is 0.323 e. The summed E-state index contributed by atoms with van der Waals surface area (Å²) >= 11 is 1.68. The molecule has 100 valence electrons. The molecule has 0 radical (unpaired) electrons. The molecule has 0 aromatic carbocycles. The van der Waals surface area contributed by atoms with Crippen molar-refractivity contribution < 1.29 is 9.53 Å². The molecule has 0 aromatic rings. The van der Waals surface area contributed by atoms with Gasteiger partial charge >= 0.3 is 5.97 Å². The largest absolute Gasteiger partial charge is 0.447 e. The quantitative estimate of drug-likeness (QED) is 0.522. The minimum atomic E-state index is -0.358. The zero-order valence-corrected chi connectivity index (χ0v) is 12.7. The number of hydrogen-bond donors (Lipinski definition) is 0. The number of ether oxygens (including phenoxy) is 1. The lowest BCUT2D eigenvalue weighted by Gasteiger charge is -2.27. The SMILES string of the molecule is CCCCCCC(C)C1(C)SC(C)(C)OC1=O. The first-order valence-electron chi connectivity index (χ1n) is 6.75.